The van der Waals surface area contributed by atoms with E-state index < -0.39 is 0 Å². The molecule has 0 aromatic carbocycles. The van der Waals surface area contributed by atoms with Crippen molar-refractivity contribution in [2.45, 2.75) is 33.2 Å². The van der Waals surface area contributed by atoms with Gasteiger partial charge in [-0.3, -0.25) is 4.79 Å². The van der Waals surface area contributed by atoms with Gasteiger partial charge in [0.25, 0.3) is 0 Å². The van der Waals surface area contributed by atoms with E-state index in [1.165, 1.54) is 0 Å². The molecule has 0 aliphatic heterocycles. The Morgan fingerprint density at radius 1 is 1.56 bits per heavy atom. The zero-order valence-corrected chi connectivity index (χ0v) is 9.79. The van der Waals surface area contributed by atoms with Crippen LogP contribution in [0.2, 0.25) is 0 Å². The topological polar surface area (TPSA) is 99.0 Å². The number of anilines is 2. The van der Waals surface area contributed by atoms with E-state index in [1.807, 2.05) is 11.6 Å². The lowest BCUT2D eigenvalue weighted by atomic mass is 10.3. The number of hydrogen-bond acceptors (Lipinski definition) is 4. The van der Waals surface area contributed by atoms with Gasteiger partial charge in [-0.25, -0.2) is 4.68 Å². The van der Waals surface area contributed by atoms with Gasteiger partial charge in [0.05, 0.1) is 11.4 Å². The molecule has 1 aromatic rings. The molecule has 1 amide bonds. The Kier molecular flexibility index (Phi) is 4.16. The van der Waals surface area contributed by atoms with Gasteiger partial charge in [0.15, 0.2) is 0 Å². The molecule has 16 heavy (non-hydrogen) atoms. The van der Waals surface area contributed by atoms with E-state index in [1.54, 1.807) is 0 Å². The van der Waals surface area contributed by atoms with Crippen molar-refractivity contribution < 1.29 is 4.79 Å². The third-order valence-corrected chi connectivity index (χ3v) is 2.27. The number of aryl methyl sites for hydroxylation is 2. The fourth-order valence-corrected chi connectivity index (χ4v) is 1.46. The minimum absolute atomic E-state index is 0.287. The number of amides is 1. The molecule has 0 unspecified atom stereocenters. The van der Waals surface area contributed by atoms with E-state index in [4.69, 9.17) is 11.5 Å². The monoisotopic (exact) mass is 225 g/mol. The van der Waals surface area contributed by atoms with Crippen LogP contribution in [0.25, 0.3) is 0 Å². The van der Waals surface area contributed by atoms with Gasteiger partial charge in [-0.2, -0.15) is 5.10 Å². The first-order valence-corrected chi connectivity index (χ1v) is 5.41. The van der Waals surface area contributed by atoms with Crippen molar-refractivity contribution in [2.24, 2.45) is 5.73 Å². The van der Waals surface area contributed by atoms with Gasteiger partial charge in [0, 0.05) is 19.5 Å². The molecule has 6 nitrogen and oxygen atoms in total. The summed E-state index contributed by atoms with van der Waals surface area (Å²) in [5, 5.41) is 7.40. The summed E-state index contributed by atoms with van der Waals surface area (Å²) in [4.78, 5) is 10.6. The van der Waals surface area contributed by atoms with E-state index in [-0.39, 0.29) is 12.3 Å². The summed E-state index contributed by atoms with van der Waals surface area (Å²) < 4.78 is 1.83. The van der Waals surface area contributed by atoms with Crippen LogP contribution in [0.3, 0.4) is 0 Å². The Bertz CT molecular complexity index is 372. The first kappa shape index (κ1) is 12.4. The second-order valence-electron chi connectivity index (χ2n) is 3.71. The number of nitrogens with zero attached hydrogens (tertiary/aromatic N) is 2. The van der Waals surface area contributed by atoms with Gasteiger partial charge in [-0.15, -0.1) is 0 Å². The molecule has 5 N–H and O–H groups in total. The van der Waals surface area contributed by atoms with E-state index in [0.29, 0.717) is 12.2 Å². The van der Waals surface area contributed by atoms with E-state index in [0.717, 1.165) is 24.5 Å². The van der Waals surface area contributed by atoms with Crippen molar-refractivity contribution >= 4 is 17.4 Å². The fourth-order valence-electron chi connectivity index (χ4n) is 1.46. The van der Waals surface area contributed by atoms with Crippen molar-refractivity contribution in [1.82, 2.24) is 9.78 Å². The Morgan fingerprint density at radius 3 is 2.81 bits per heavy atom. The van der Waals surface area contributed by atoms with Crippen molar-refractivity contribution in [3.63, 3.8) is 0 Å². The zero-order chi connectivity index (χ0) is 12.1. The maximum absolute atomic E-state index is 10.6. The van der Waals surface area contributed by atoms with Crippen LogP contribution in [0.15, 0.2) is 0 Å². The molecule has 0 saturated carbocycles. The van der Waals surface area contributed by atoms with E-state index >= 15 is 0 Å². The number of nitrogens with two attached hydrogens (primary N) is 2. The lowest BCUT2D eigenvalue weighted by Crippen LogP contribution is -2.17. The van der Waals surface area contributed by atoms with Crippen molar-refractivity contribution in [1.29, 1.82) is 0 Å². The maximum Gasteiger partial charge on any atom is 0.219 e. The molecule has 0 aliphatic rings. The molecular formula is C10H19N5O. The molecule has 0 spiro atoms. The standard InChI is InChI=1S/C10H19N5O/c1-3-6-15-10(9(12)7(2)14-15)13-5-4-8(11)16/h13H,3-6,12H2,1-2H3,(H2,11,16). The molecule has 1 rings (SSSR count). The molecule has 0 bridgehead atoms. The second kappa shape index (κ2) is 5.39. The largest absolute Gasteiger partial charge is 0.394 e. The average molecular weight is 225 g/mol. The quantitative estimate of drug-likeness (QED) is 0.655. The van der Waals surface area contributed by atoms with Crippen LogP contribution in [0.1, 0.15) is 25.5 Å². The minimum Gasteiger partial charge on any atom is -0.394 e. The normalized spacial score (nSPS) is 10.4. The lowest BCUT2D eigenvalue weighted by Gasteiger charge is -2.08. The summed E-state index contributed by atoms with van der Waals surface area (Å²) in [6, 6.07) is 0. The lowest BCUT2D eigenvalue weighted by molar-refractivity contribution is -0.117. The van der Waals surface area contributed by atoms with Gasteiger partial charge < -0.3 is 16.8 Å². The summed E-state index contributed by atoms with van der Waals surface area (Å²) in [5.74, 6) is 0.449. The summed E-state index contributed by atoms with van der Waals surface area (Å²) in [6.45, 7) is 5.21. The Hall–Kier alpha value is -1.72. The molecule has 1 aromatic heterocycles. The summed E-state index contributed by atoms with van der Waals surface area (Å²) >= 11 is 0. The molecule has 0 saturated heterocycles. The van der Waals surface area contributed by atoms with Gasteiger partial charge in [0.2, 0.25) is 5.91 Å². The predicted molar refractivity (Wildman–Crippen MR) is 64.0 cm³/mol. The summed E-state index contributed by atoms with van der Waals surface area (Å²) in [5.41, 5.74) is 12.4. The van der Waals surface area contributed by atoms with Crippen LogP contribution in [0, 0.1) is 6.92 Å². The van der Waals surface area contributed by atoms with Gasteiger partial charge >= 0.3 is 0 Å². The summed E-state index contributed by atoms with van der Waals surface area (Å²) in [6.07, 6.45) is 1.26. The predicted octanol–water partition coefficient (Wildman–Crippen LogP) is 0.471. The SMILES string of the molecule is CCCn1nc(C)c(N)c1NCCC(N)=O. The third kappa shape index (κ3) is 2.88. The van der Waals surface area contributed by atoms with Crippen LogP contribution in [0.5, 0.6) is 0 Å². The highest BCUT2D eigenvalue weighted by Crippen LogP contribution is 2.22. The molecular weight excluding hydrogens is 206 g/mol. The van der Waals surface area contributed by atoms with Gasteiger partial charge in [0.1, 0.15) is 5.82 Å². The number of hydrogen-bond donors (Lipinski definition) is 3. The smallest absolute Gasteiger partial charge is 0.219 e. The molecule has 6 heteroatoms. The first-order chi connectivity index (χ1) is 7.56. The molecule has 90 valence electrons. The highest BCUT2D eigenvalue weighted by Gasteiger charge is 2.11. The number of carbonyl (C=O) groups is 1. The Balaban J connectivity index is 2.72. The number of rotatable bonds is 6. The zero-order valence-electron chi connectivity index (χ0n) is 9.79. The minimum atomic E-state index is -0.329. The average Bonchev–Trinajstić information content (AvgIpc) is 2.46. The van der Waals surface area contributed by atoms with Crippen LogP contribution in [-0.4, -0.2) is 22.2 Å². The second-order valence-corrected chi connectivity index (χ2v) is 3.71. The first-order valence-electron chi connectivity index (χ1n) is 5.41. The molecule has 0 aliphatic carbocycles. The third-order valence-electron chi connectivity index (χ3n) is 2.27. The van der Waals surface area contributed by atoms with Crippen LogP contribution in [-0.2, 0) is 11.3 Å². The number of carbonyl (C=O) groups excluding carboxylic acids is 1. The van der Waals surface area contributed by atoms with Gasteiger partial charge in [-0.1, -0.05) is 6.92 Å². The van der Waals surface area contributed by atoms with Crippen molar-refractivity contribution in [3.8, 4) is 0 Å². The van der Waals surface area contributed by atoms with E-state index in [9.17, 15) is 4.79 Å². The Labute approximate surface area is 95.0 Å². The molecule has 0 fully saturated rings. The summed E-state index contributed by atoms with van der Waals surface area (Å²) in [7, 11) is 0. The van der Waals surface area contributed by atoms with Gasteiger partial charge in [-0.05, 0) is 13.3 Å². The fraction of sp³-hybridized carbons (Fsp3) is 0.600. The number of primary amides is 1. The van der Waals surface area contributed by atoms with E-state index in [2.05, 4.69) is 17.3 Å². The van der Waals surface area contributed by atoms with Crippen molar-refractivity contribution in [2.75, 3.05) is 17.6 Å². The Morgan fingerprint density at radius 2 is 2.25 bits per heavy atom. The number of nitrogens with one attached hydrogen (secondary N) is 1. The van der Waals surface area contributed by atoms with Crippen molar-refractivity contribution in [3.05, 3.63) is 5.69 Å². The molecule has 0 atom stereocenters. The molecule has 1 heterocycles. The maximum atomic E-state index is 10.6. The van der Waals surface area contributed by atoms with Crippen LogP contribution >= 0.6 is 0 Å². The number of nitrogen functional groups attached to an aromatic ring is 1. The van der Waals surface area contributed by atoms with Crippen LogP contribution < -0.4 is 16.8 Å². The highest BCUT2D eigenvalue weighted by atomic mass is 16.1. The number of aromatic nitrogens is 2. The molecule has 0 radical (unpaired) electrons. The van der Waals surface area contributed by atoms with Crippen LogP contribution in [0.4, 0.5) is 11.5 Å². The highest BCUT2D eigenvalue weighted by molar-refractivity contribution is 5.74.